The number of nitrogens with zero attached hydrogens (tertiary/aromatic N) is 2. The maximum absolute atomic E-state index is 12.5. The fourth-order valence-corrected chi connectivity index (χ4v) is 1.21. The number of carboxylic acid groups (broad SMARTS) is 1. The van der Waals surface area contributed by atoms with Crippen LogP contribution in [-0.4, -0.2) is 16.0 Å². The molecule has 0 saturated carbocycles. The Labute approximate surface area is 92.9 Å². The molecule has 8 heteroatoms. The van der Waals surface area contributed by atoms with Crippen LogP contribution in [0.25, 0.3) is 0 Å². The van der Waals surface area contributed by atoms with E-state index in [1.54, 1.807) is 0 Å². The molecule has 0 saturated heterocycles. The van der Waals surface area contributed by atoms with Gasteiger partial charge < -0.3 is 5.11 Å². The van der Waals surface area contributed by atoms with E-state index in [9.17, 15) is 23.7 Å². The van der Waals surface area contributed by atoms with E-state index in [1.165, 1.54) is 6.07 Å². The molecule has 0 spiro atoms. The van der Waals surface area contributed by atoms with Gasteiger partial charge in [-0.3, -0.25) is 10.1 Å². The van der Waals surface area contributed by atoms with Gasteiger partial charge in [-0.2, -0.15) is 5.26 Å². The molecule has 17 heavy (non-hydrogen) atoms. The fraction of sp³-hybridized carbons (Fsp3) is 0.111. The zero-order valence-corrected chi connectivity index (χ0v) is 8.05. The summed E-state index contributed by atoms with van der Waals surface area (Å²) in [4.78, 5) is 20.1. The van der Waals surface area contributed by atoms with E-state index in [0.29, 0.717) is 12.1 Å². The number of benzene rings is 1. The van der Waals surface area contributed by atoms with Crippen LogP contribution in [0.2, 0.25) is 0 Å². The van der Waals surface area contributed by atoms with Gasteiger partial charge in [0, 0.05) is 11.6 Å². The number of halogens is 2. The standard InChI is InChI=1S/C9H4F2N2O4/c10-8(11)5-1-4(9(14)15)2-7(13(16)17)6(5)3-12/h1-2,8H,(H,14,15). The molecule has 0 aromatic heterocycles. The summed E-state index contributed by atoms with van der Waals surface area (Å²) in [7, 11) is 0. The summed E-state index contributed by atoms with van der Waals surface area (Å²) in [5, 5.41) is 27.7. The third-order valence-corrected chi connectivity index (χ3v) is 1.94. The lowest BCUT2D eigenvalue weighted by atomic mass is 10.0. The number of hydrogen-bond acceptors (Lipinski definition) is 4. The van der Waals surface area contributed by atoms with Gasteiger partial charge in [-0.05, 0) is 6.07 Å². The van der Waals surface area contributed by atoms with Crippen molar-refractivity contribution in [2.24, 2.45) is 0 Å². The first-order valence-electron chi connectivity index (χ1n) is 4.12. The summed E-state index contributed by atoms with van der Waals surface area (Å²) in [5.74, 6) is -1.58. The van der Waals surface area contributed by atoms with Crippen molar-refractivity contribution in [3.05, 3.63) is 38.9 Å². The Morgan fingerprint density at radius 3 is 2.47 bits per heavy atom. The highest BCUT2D eigenvalue weighted by Gasteiger charge is 2.26. The van der Waals surface area contributed by atoms with Crippen LogP contribution in [0.3, 0.4) is 0 Å². The van der Waals surface area contributed by atoms with E-state index < -0.39 is 39.7 Å². The van der Waals surface area contributed by atoms with E-state index in [-0.39, 0.29) is 0 Å². The molecule has 0 unspecified atom stereocenters. The van der Waals surface area contributed by atoms with Gasteiger partial charge in [0.25, 0.3) is 12.1 Å². The number of carboxylic acids is 1. The van der Waals surface area contributed by atoms with Crippen molar-refractivity contribution in [2.45, 2.75) is 6.43 Å². The third kappa shape index (κ3) is 2.34. The number of nitriles is 1. The van der Waals surface area contributed by atoms with E-state index in [2.05, 4.69) is 0 Å². The summed E-state index contributed by atoms with van der Waals surface area (Å²) in [6.07, 6.45) is -3.16. The van der Waals surface area contributed by atoms with E-state index in [4.69, 9.17) is 10.4 Å². The van der Waals surface area contributed by atoms with Crippen molar-refractivity contribution in [3.63, 3.8) is 0 Å². The second-order valence-corrected chi connectivity index (χ2v) is 2.93. The molecule has 0 aliphatic carbocycles. The highest BCUT2D eigenvalue weighted by Crippen LogP contribution is 2.30. The molecule has 1 aromatic carbocycles. The molecule has 0 amide bonds. The predicted octanol–water partition coefficient (Wildman–Crippen LogP) is 2.10. The summed E-state index contributed by atoms with van der Waals surface area (Å²) < 4.78 is 25.1. The van der Waals surface area contributed by atoms with Gasteiger partial charge in [-0.1, -0.05) is 0 Å². The molecule has 6 nitrogen and oxygen atoms in total. The number of aromatic carboxylic acids is 1. The van der Waals surface area contributed by atoms with Gasteiger partial charge in [-0.25, -0.2) is 13.6 Å². The summed E-state index contributed by atoms with van der Waals surface area (Å²) >= 11 is 0. The first-order chi connectivity index (χ1) is 7.88. The Morgan fingerprint density at radius 2 is 2.12 bits per heavy atom. The van der Waals surface area contributed by atoms with Crippen molar-refractivity contribution < 1.29 is 23.6 Å². The minimum absolute atomic E-state index is 0.554. The molecule has 0 aliphatic heterocycles. The summed E-state index contributed by atoms with van der Waals surface area (Å²) in [6, 6.07) is 2.41. The summed E-state index contributed by atoms with van der Waals surface area (Å²) in [6.45, 7) is 0. The van der Waals surface area contributed by atoms with Crippen LogP contribution in [0.15, 0.2) is 12.1 Å². The van der Waals surface area contributed by atoms with Crippen LogP contribution in [-0.2, 0) is 0 Å². The van der Waals surface area contributed by atoms with Gasteiger partial charge in [0.2, 0.25) is 0 Å². The number of hydrogen-bond donors (Lipinski definition) is 1. The second kappa shape index (κ2) is 4.52. The molecule has 0 bridgehead atoms. The number of rotatable bonds is 3. The van der Waals surface area contributed by atoms with Crippen LogP contribution in [0.4, 0.5) is 14.5 Å². The SMILES string of the molecule is N#Cc1c(C(F)F)cc(C(=O)O)cc1[N+](=O)[O-]. The molecule has 0 atom stereocenters. The highest BCUT2D eigenvalue weighted by atomic mass is 19.3. The quantitative estimate of drug-likeness (QED) is 0.645. The Balaban J connectivity index is 3.64. The molecular weight excluding hydrogens is 238 g/mol. The van der Waals surface area contributed by atoms with Crippen molar-refractivity contribution in [1.82, 2.24) is 0 Å². The minimum Gasteiger partial charge on any atom is -0.478 e. The molecule has 1 rings (SSSR count). The second-order valence-electron chi connectivity index (χ2n) is 2.93. The molecule has 1 aromatic rings. The predicted molar refractivity (Wildman–Crippen MR) is 49.7 cm³/mol. The average molecular weight is 242 g/mol. The first kappa shape index (κ1) is 12.5. The summed E-state index contributed by atoms with van der Waals surface area (Å²) in [5.41, 5.74) is -3.39. The third-order valence-electron chi connectivity index (χ3n) is 1.94. The van der Waals surface area contributed by atoms with Crippen molar-refractivity contribution >= 4 is 11.7 Å². The lowest BCUT2D eigenvalue weighted by Crippen LogP contribution is -2.04. The maximum atomic E-state index is 12.5. The van der Waals surface area contributed by atoms with Crippen LogP contribution in [0.5, 0.6) is 0 Å². The van der Waals surface area contributed by atoms with Crippen LogP contribution in [0, 0.1) is 21.4 Å². The van der Waals surface area contributed by atoms with Crippen molar-refractivity contribution in [2.75, 3.05) is 0 Å². The average Bonchev–Trinajstić information content (AvgIpc) is 2.26. The molecule has 0 heterocycles. The fourth-order valence-electron chi connectivity index (χ4n) is 1.21. The molecular formula is C9H4F2N2O4. The Hall–Kier alpha value is -2.56. The molecule has 0 radical (unpaired) electrons. The lowest BCUT2D eigenvalue weighted by Gasteiger charge is -2.05. The number of nitro groups is 1. The zero-order chi connectivity index (χ0) is 13.2. The molecule has 1 N–H and O–H groups in total. The number of alkyl halides is 2. The Kier molecular flexibility index (Phi) is 3.33. The highest BCUT2D eigenvalue weighted by molar-refractivity contribution is 5.89. The van der Waals surface area contributed by atoms with Crippen LogP contribution < -0.4 is 0 Å². The largest absolute Gasteiger partial charge is 0.478 e. The smallest absolute Gasteiger partial charge is 0.335 e. The van der Waals surface area contributed by atoms with Gasteiger partial charge in [-0.15, -0.1) is 0 Å². The van der Waals surface area contributed by atoms with Crippen molar-refractivity contribution in [3.8, 4) is 6.07 Å². The normalized spacial score (nSPS) is 10.0. The topological polar surface area (TPSA) is 104 Å². The molecule has 88 valence electrons. The van der Waals surface area contributed by atoms with E-state index in [0.717, 1.165) is 0 Å². The minimum atomic E-state index is -3.16. The Bertz CT molecular complexity index is 537. The lowest BCUT2D eigenvalue weighted by molar-refractivity contribution is -0.385. The molecule has 0 fully saturated rings. The first-order valence-corrected chi connectivity index (χ1v) is 4.12. The van der Waals surface area contributed by atoms with Crippen LogP contribution >= 0.6 is 0 Å². The maximum Gasteiger partial charge on any atom is 0.335 e. The van der Waals surface area contributed by atoms with Gasteiger partial charge in [0.15, 0.2) is 0 Å². The van der Waals surface area contributed by atoms with Crippen LogP contribution in [0.1, 0.15) is 27.9 Å². The van der Waals surface area contributed by atoms with E-state index in [1.807, 2.05) is 0 Å². The van der Waals surface area contributed by atoms with Gasteiger partial charge in [0.1, 0.15) is 11.6 Å². The van der Waals surface area contributed by atoms with E-state index >= 15 is 0 Å². The number of nitro benzene ring substituents is 1. The molecule has 0 aliphatic rings. The zero-order valence-electron chi connectivity index (χ0n) is 8.05. The van der Waals surface area contributed by atoms with Gasteiger partial charge in [0.05, 0.1) is 10.5 Å². The van der Waals surface area contributed by atoms with Gasteiger partial charge >= 0.3 is 5.97 Å². The number of carbonyl (C=O) groups is 1. The Morgan fingerprint density at radius 1 is 1.53 bits per heavy atom. The van der Waals surface area contributed by atoms with Crippen molar-refractivity contribution in [1.29, 1.82) is 5.26 Å². The monoisotopic (exact) mass is 242 g/mol.